The van der Waals surface area contributed by atoms with Crippen molar-refractivity contribution >= 4 is 27.5 Å². The average Bonchev–Trinajstić information content (AvgIpc) is 2.44. The maximum absolute atomic E-state index is 12.8. The lowest BCUT2D eigenvalue weighted by Crippen LogP contribution is -2.30. The van der Waals surface area contributed by atoms with Gasteiger partial charge in [-0.05, 0) is 55.5 Å². The Bertz CT molecular complexity index is 584. The largest absolute Gasteiger partial charge is 0.481 e. The van der Waals surface area contributed by atoms with Crippen LogP contribution in [-0.4, -0.2) is 12.0 Å². The molecule has 0 aromatic heterocycles. The minimum absolute atomic E-state index is 0.292. The number of amides is 1. The summed E-state index contributed by atoms with van der Waals surface area (Å²) in [6.45, 7) is 1.65. The molecule has 104 valence electrons. The SMILES string of the molecule is C[C@@H](Oc1ccc(Br)cc1)C(=O)Nc1ccc(F)cc1. The third kappa shape index (κ3) is 4.06. The van der Waals surface area contributed by atoms with Crippen LogP contribution >= 0.6 is 15.9 Å². The van der Waals surface area contributed by atoms with Crippen LogP contribution in [0.1, 0.15) is 6.92 Å². The van der Waals surface area contributed by atoms with Crippen LogP contribution in [0.2, 0.25) is 0 Å². The second-order valence-electron chi connectivity index (χ2n) is 4.21. The Morgan fingerprint density at radius 1 is 1.15 bits per heavy atom. The number of carbonyl (C=O) groups is 1. The van der Waals surface area contributed by atoms with Gasteiger partial charge in [-0.15, -0.1) is 0 Å². The first-order chi connectivity index (χ1) is 9.54. The van der Waals surface area contributed by atoms with Gasteiger partial charge in [0.2, 0.25) is 0 Å². The van der Waals surface area contributed by atoms with Crippen molar-refractivity contribution in [1.82, 2.24) is 0 Å². The summed E-state index contributed by atoms with van der Waals surface area (Å²) in [5, 5.41) is 2.66. The van der Waals surface area contributed by atoms with Crippen molar-refractivity contribution in [3.8, 4) is 5.75 Å². The summed E-state index contributed by atoms with van der Waals surface area (Å²) in [5.74, 6) is -0.0309. The average molecular weight is 338 g/mol. The van der Waals surface area contributed by atoms with Gasteiger partial charge in [0.25, 0.3) is 5.91 Å². The van der Waals surface area contributed by atoms with Gasteiger partial charge < -0.3 is 10.1 Å². The lowest BCUT2D eigenvalue weighted by molar-refractivity contribution is -0.122. The Morgan fingerprint density at radius 2 is 1.75 bits per heavy atom. The fourth-order valence-electron chi connectivity index (χ4n) is 1.55. The molecular weight excluding hydrogens is 325 g/mol. The Labute approximate surface area is 124 Å². The van der Waals surface area contributed by atoms with Crippen LogP contribution in [-0.2, 0) is 4.79 Å². The molecule has 0 aliphatic rings. The fraction of sp³-hybridized carbons (Fsp3) is 0.133. The van der Waals surface area contributed by atoms with E-state index in [0.29, 0.717) is 11.4 Å². The molecule has 1 atom stereocenters. The number of rotatable bonds is 4. The summed E-state index contributed by atoms with van der Waals surface area (Å²) in [4.78, 5) is 11.9. The topological polar surface area (TPSA) is 38.3 Å². The lowest BCUT2D eigenvalue weighted by Gasteiger charge is -2.14. The third-order valence-electron chi connectivity index (χ3n) is 2.61. The number of nitrogens with one attached hydrogen (secondary N) is 1. The highest BCUT2D eigenvalue weighted by Crippen LogP contribution is 2.18. The van der Waals surface area contributed by atoms with E-state index in [9.17, 15) is 9.18 Å². The van der Waals surface area contributed by atoms with E-state index in [-0.39, 0.29) is 11.7 Å². The van der Waals surface area contributed by atoms with E-state index in [1.807, 2.05) is 12.1 Å². The minimum Gasteiger partial charge on any atom is -0.481 e. The first kappa shape index (κ1) is 14.5. The normalized spacial score (nSPS) is 11.8. The van der Waals surface area contributed by atoms with E-state index >= 15 is 0 Å². The number of benzene rings is 2. The predicted molar refractivity (Wildman–Crippen MR) is 79.3 cm³/mol. The molecule has 0 saturated heterocycles. The van der Waals surface area contributed by atoms with Gasteiger partial charge in [-0.1, -0.05) is 15.9 Å². The first-order valence-electron chi connectivity index (χ1n) is 6.03. The molecule has 0 spiro atoms. The molecule has 0 unspecified atom stereocenters. The number of hydrogen-bond donors (Lipinski definition) is 1. The summed E-state index contributed by atoms with van der Waals surface area (Å²) in [6, 6.07) is 12.8. The Kier molecular flexibility index (Phi) is 4.74. The summed E-state index contributed by atoms with van der Waals surface area (Å²) in [5.41, 5.74) is 0.530. The Balaban J connectivity index is 1.94. The molecule has 20 heavy (non-hydrogen) atoms. The Morgan fingerprint density at radius 3 is 2.35 bits per heavy atom. The monoisotopic (exact) mass is 337 g/mol. The summed E-state index contributed by atoms with van der Waals surface area (Å²) >= 11 is 3.33. The molecular formula is C15H13BrFNO2. The highest BCUT2D eigenvalue weighted by atomic mass is 79.9. The predicted octanol–water partition coefficient (Wildman–Crippen LogP) is 3.99. The second-order valence-corrected chi connectivity index (χ2v) is 5.13. The van der Waals surface area contributed by atoms with Crippen molar-refractivity contribution in [3.05, 3.63) is 58.8 Å². The summed E-state index contributed by atoms with van der Waals surface area (Å²) in [6.07, 6.45) is -0.652. The van der Waals surface area contributed by atoms with Gasteiger partial charge in [0.15, 0.2) is 6.10 Å². The highest BCUT2D eigenvalue weighted by molar-refractivity contribution is 9.10. The van der Waals surface area contributed by atoms with Gasteiger partial charge in [0.1, 0.15) is 11.6 Å². The third-order valence-corrected chi connectivity index (χ3v) is 3.14. The van der Waals surface area contributed by atoms with Crippen LogP contribution in [0.15, 0.2) is 53.0 Å². The van der Waals surface area contributed by atoms with Crippen molar-refractivity contribution < 1.29 is 13.9 Å². The highest BCUT2D eigenvalue weighted by Gasteiger charge is 2.14. The quantitative estimate of drug-likeness (QED) is 0.915. The van der Waals surface area contributed by atoms with Crippen molar-refractivity contribution in [2.75, 3.05) is 5.32 Å². The molecule has 5 heteroatoms. The zero-order valence-electron chi connectivity index (χ0n) is 10.8. The van der Waals surface area contributed by atoms with Gasteiger partial charge in [0.05, 0.1) is 0 Å². The van der Waals surface area contributed by atoms with E-state index in [1.165, 1.54) is 24.3 Å². The molecule has 1 amide bonds. The van der Waals surface area contributed by atoms with E-state index < -0.39 is 6.10 Å². The maximum atomic E-state index is 12.8. The van der Waals surface area contributed by atoms with Crippen LogP contribution in [0.3, 0.4) is 0 Å². The fourth-order valence-corrected chi connectivity index (χ4v) is 1.81. The van der Waals surface area contributed by atoms with E-state index in [1.54, 1.807) is 19.1 Å². The van der Waals surface area contributed by atoms with Gasteiger partial charge in [-0.25, -0.2) is 4.39 Å². The summed E-state index contributed by atoms with van der Waals surface area (Å²) < 4.78 is 19.2. The van der Waals surface area contributed by atoms with Crippen LogP contribution in [0, 0.1) is 5.82 Å². The number of anilines is 1. The summed E-state index contributed by atoms with van der Waals surface area (Å²) in [7, 11) is 0. The van der Waals surface area contributed by atoms with Crippen molar-refractivity contribution in [2.45, 2.75) is 13.0 Å². The minimum atomic E-state index is -0.652. The molecule has 1 N–H and O–H groups in total. The maximum Gasteiger partial charge on any atom is 0.265 e. The van der Waals surface area contributed by atoms with E-state index in [2.05, 4.69) is 21.2 Å². The van der Waals surface area contributed by atoms with Crippen LogP contribution < -0.4 is 10.1 Å². The van der Waals surface area contributed by atoms with Crippen molar-refractivity contribution in [2.24, 2.45) is 0 Å². The number of ether oxygens (including phenoxy) is 1. The zero-order chi connectivity index (χ0) is 14.5. The zero-order valence-corrected chi connectivity index (χ0v) is 12.4. The Hall–Kier alpha value is -1.88. The molecule has 0 radical (unpaired) electrons. The van der Waals surface area contributed by atoms with Gasteiger partial charge in [-0.2, -0.15) is 0 Å². The molecule has 2 rings (SSSR count). The molecule has 3 nitrogen and oxygen atoms in total. The standard InChI is InChI=1S/C15H13BrFNO2/c1-10(20-14-8-2-11(16)3-9-14)15(19)18-13-6-4-12(17)5-7-13/h2-10H,1H3,(H,18,19)/t10-/m1/s1. The van der Waals surface area contributed by atoms with E-state index in [0.717, 1.165) is 4.47 Å². The van der Waals surface area contributed by atoms with Gasteiger partial charge in [-0.3, -0.25) is 4.79 Å². The van der Waals surface area contributed by atoms with Gasteiger partial charge >= 0.3 is 0 Å². The van der Waals surface area contributed by atoms with Crippen LogP contribution in [0.25, 0.3) is 0 Å². The number of hydrogen-bond acceptors (Lipinski definition) is 2. The molecule has 0 heterocycles. The van der Waals surface area contributed by atoms with E-state index in [4.69, 9.17) is 4.74 Å². The molecule has 2 aromatic carbocycles. The number of halogens is 2. The van der Waals surface area contributed by atoms with Gasteiger partial charge in [0, 0.05) is 10.2 Å². The molecule has 0 bridgehead atoms. The number of carbonyl (C=O) groups excluding carboxylic acids is 1. The molecule has 2 aromatic rings. The van der Waals surface area contributed by atoms with Crippen LogP contribution in [0.5, 0.6) is 5.75 Å². The second kappa shape index (κ2) is 6.52. The molecule has 0 aliphatic heterocycles. The van der Waals surface area contributed by atoms with Crippen LogP contribution in [0.4, 0.5) is 10.1 Å². The lowest BCUT2D eigenvalue weighted by atomic mass is 10.3. The first-order valence-corrected chi connectivity index (χ1v) is 6.82. The molecule has 0 fully saturated rings. The smallest absolute Gasteiger partial charge is 0.265 e. The molecule has 0 aliphatic carbocycles. The van der Waals surface area contributed by atoms with Crippen molar-refractivity contribution in [1.29, 1.82) is 0 Å². The van der Waals surface area contributed by atoms with Crippen molar-refractivity contribution in [3.63, 3.8) is 0 Å². The molecule has 0 saturated carbocycles.